The van der Waals surface area contributed by atoms with Crippen molar-refractivity contribution in [2.45, 2.75) is 6.92 Å². The van der Waals surface area contributed by atoms with Gasteiger partial charge in [0.2, 0.25) is 0 Å². The van der Waals surface area contributed by atoms with Crippen LogP contribution in [0.2, 0.25) is 0 Å². The van der Waals surface area contributed by atoms with Crippen molar-refractivity contribution < 1.29 is 8.83 Å². The van der Waals surface area contributed by atoms with E-state index in [2.05, 4.69) is 0 Å². The number of rotatable bonds is 2. The van der Waals surface area contributed by atoms with Crippen molar-refractivity contribution in [2.75, 3.05) is 0 Å². The van der Waals surface area contributed by atoms with Crippen LogP contribution < -0.4 is 5.63 Å². The van der Waals surface area contributed by atoms with E-state index in [0.717, 1.165) is 16.5 Å². The van der Waals surface area contributed by atoms with Crippen molar-refractivity contribution in [1.82, 2.24) is 0 Å². The molecule has 0 bridgehead atoms. The van der Waals surface area contributed by atoms with Crippen LogP contribution in [0.5, 0.6) is 0 Å². The minimum atomic E-state index is -0.394. The molecule has 0 aliphatic heterocycles. The number of hydrogen-bond donors (Lipinski definition) is 0. The van der Waals surface area contributed by atoms with E-state index in [1.54, 1.807) is 24.5 Å². The summed E-state index contributed by atoms with van der Waals surface area (Å²) in [7, 11) is 0. The molecule has 0 atom stereocenters. The third-order valence-corrected chi connectivity index (χ3v) is 3.92. The maximum atomic E-state index is 12.6. The van der Waals surface area contributed by atoms with Gasteiger partial charge in [0.25, 0.3) is 0 Å². The van der Waals surface area contributed by atoms with Crippen molar-refractivity contribution in [2.24, 2.45) is 0 Å². The van der Waals surface area contributed by atoms with Crippen LogP contribution in [-0.4, -0.2) is 0 Å². The predicted octanol–water partition coefficient (Wildman–Crippen LogP) is 5.03. The van der Waals surface area contributed by atoms with Gasteiger partial charge >= 0.3 is 5.63 Å². The van der Waals surface area contributed by atoms with E-state index in [1.807, 2.05) is 49.4 Å². The number of hydrogen-bond acceptors (Lipinski definition) is 3. The second kappa shape index (κ2) is 5.29. The zero-order chi connectivity index (χ0) is 15.8. The molecule has 3 heteroatoms. The molecule has 3 nitrogen and oxygen atoms in total. The summed E-state index contributed by atoms with van der Waals surface area (Å²) in [6.07, 6.45) is 1.56. The Bertz CT molecular complexity index is 1020. The lowest BCUT2D eigenvalue weighted by molar-refractivity contribution is 0.548. The fraction of sp³-hybridized carbons (Fsp3) is 0.0500. The van der Waals surface area contributed by atoms with E-state index in [9.17, 15) is 4.79 Å². The third kappa shape index (κ3) is 2.27. The Morgan fingerprint density at radius 1 is 0.826 bits per heavy atom. The van der Waals surface area contributed by atoms with Gasteiger partial charge in [-0.2, -0.15) is 0 Å². The molecule has 0 saturated heterocycles. The van der Waals surface area contributed by atoms with Gasteiger partial charge in [0.05, 0.1) is 6.26 Å². The van der Waals surface area contributed by atoms with Gasteiger partial charge in [0.1, 0.15) is 16.9 Å². The van der Waals surface area contributed by atoms with Crippen LogP contribution in [0.3, 0.4) is 0 Å². The molecule has 0 saturated carbocycles. The van der Waals surface area contributed by atoms with Gasteiger partial charge in [0, 0.05) is 10.9 Å². The van der Waals surface area contributed by atoms with Crippen LogP contribution in [-0.2, 0) is 0 Å². The first-order valence-corrected chi connectivity index (χ1v) is 7.41. The van der Waals surface area contributed by atoms with E-state index >= 15 is 0 Å². The Balaban J connectivity index is 2.16. The molecule has 2 aromatic carbocycles. The summed E-state index contributed by atoms with van der Waals surface area (Å²) < 4.78 is 11.0. The number of para-hydroxylation sites is 1. The first kappa shape index (κ1) is 13.6. The van der Waals surface area contributed by atoms with E-state index in [0.29, 0.717) is 16.9 Å². The van der Waals surface area contributed by atoms with Gasteiger partial charge in [-0.05, 0) is 30.7 Å². The van der Waals surface area contributed by atoms with Crippen LogP contribution in [0.4, 0.5) is 0 Å². The average molecular weight is 302 g/mol. The Hall–Kier alpha value is -3.07. The van der Waals surface area contributed by atoms with Crippen LogP contribution in [0, 0.1) is 6.92 Å². The Morgan fingerprint density at radius 3 is 2.35 bits per heavy atom. The second-order valence-electron chi connectivity index (χ2n) is 5.48. The van der Waals surface area contributed by atoms with Gasteiger partial charge in [-0.15, -0.1) is 0 Å². The summed E-state index contributed by atoms with van der Waals surface area (Å²) in [6.45, 7) is 2.04. The van der Waals surface area contributed by atoms with Gasteiger partial charge in [0.15, 0.2) is 0 Å². The first-order valence-electron chi connectivity index (χ1n) is 7.41. The van der Waals surface area contributed by atoms with Gasteiger partial charge < -0.3 is 8.83 Å². The van der Waals surface area contributed by atoms with Crippen molar-refractivity contribution in [1.29, 1.82) is 0 Å². The van der Waals surface area contributed by atoms with Crippen LogP contribution in [0.15, 0.2) is 80.6 Å². The van der Waals surface area contributed by atoms with E-state index < -0.39 is 5.63 Å². The summed E-state index contributed by atoms with van der Waals surface area (Å²) >= 11 is 0. The van der Waals surface area contributed by atoms with E-state index in [4.69, 9.17) is 8.83 Å². The zero-order valence-electron chi connectivity index (χ0n) is 12.6. The van der Waals surface area contributed by atoms with Crippen molar-refractivity contribution in [3.63, 3.8) is 0 Å². The molecule has 0 fully saturated rings. The molecular weight excluding hydrogens is 288 g/mol. The summed E-state index contributed by atoms with van der Waals surface area (Å²) in [5, 5.41) is 0.891. The number of aryl methyl sites for hydroxylation is 1. The quantitative estimate of drug-likeness (QED) is 0.488. The third-order valence-electron chi connectivity index (χ3n) is 3.92. The van der Waals surface area contributed by atoms with Crippen LogP contribution in [0.1, 0.15) is 5.56 Å². The standard InChI is InChI=1S/C20H14O3/c1-13-8-10-14(11-9-13)18-15-5-2-3-6-16(15)23-20(21)19(18)17-7-4-12-22-17/h2-12H,1H3. The van der Waals surface area contributed by atoms with Gasteiger partial charge in [-0.3, -0.25) is 0 Å². The number of furan rings is 1. The molecule has 23 heavy (non-hydrogen) atoms. The maximum absolute atomic E-state index is 12.6. The average Bonchev–Trinajstić information content (AvgIpc) is 3.08. The van der Waals surface area contributed by atoms with Crippen molar-refractivity contribution in [3.05, 3.63) is 82.9 Å². The lowest BCUT2D eigenvalue weighted by atomic mass is 9.95. The lowest BCUT2D eigenvalue weighted by Gasteiger charge is -2.10. The molecule has 2 heterocycles. The lowest BCUT2D eigenvalue weighted by Crippen LogP contribution is -2.05. The minimum Gasteiger partial charge on any atom is -0.464 e. The topological polar surface area (TPSA) is 43.4 Å². The van der Waals surface area contributed by atoms with Gasteiger partial charge in [-0.1, -0.05) is 48.0 Å². The highest BCUT2D eigenvalue weighted by molar-refractivity contribution is 6.00. The molecule has 0 aliphatic carbocycles. The molecule has 4 aromatic rings. The van der Waals surface area contributed by atoms with Crippen LogP contribution >= 0.6 is 0 Å². The second-order valence-corrected chi connectivity index (χ2v) is 5.48. The Morgan fingerprint density at radius 2 is 1.61 bits per heavy atom. The molecular formula is C20H14O3. The molecule has 0 unspecified atom stereocenters. The summed E-state index contributed by atoms with van der Waals surface area (Å²) in [4.78, 5) is 12.6. The molecule has 0 spiro atoms. The van der Waals surface area contributed by atoms with Crippen LogP contribution in [0.25, 0.3) is 33.4 Å². The molecule has 2 aromatic heterocycles. The van der Waals surface area contributed by atoms with E-state index in [-0.39, 0.29) is 0 Å². The molecule has 0 radical (unpaired) electrons. The highest BCUT2D eigenvalue weighted by Gasteiger charge is 2.19. The molecule has 0 aliphatic rings. The predicted molar refractivity (Wildman–Crippen MR) is 90.4 cm³/mol. The highest BCUT2D eigenvalue weighted by atomic mass is 16.4. The largest absolute Gasteiger partial charge is 0.464 e. The summed E-state index contributed by atoms with van der Waals surface area (Å²) in [6, 6.07) is 19.2. The fourth-order valence-corrected chi connectivity index (χ4v) is 2.81. The monoisotopic (exact) mass is 302 g/mol. The number of fused-ring (bicyclic) bond motifs is 1. The zero-order valence-corrected chi connectivity index (χ0v) is 12.6. The fourth-order valence-electron chi connectivity index (χ4n) is 2.81. The molecule has 4 rings (SSSR count). The minimum absolute atomic E-state index is 0.394. The summed E-state index contributed by atoms with van der Waals surface area (Å²) in [5.41, 5.74) is 3.61. The Kier molecular flexibility index (Phi) is 3.12. The molecule has 112 valence electrons. The van der Waals surface area contributed by atoms with Crippen molar-refractivity contribution >= 4 is 11.0 Å². The van der Waals surface area contributed by atoms with Gasteiger partial charge in [-0.25, -0.2) is 4.79 Å². The number of benzene rings is 2. The Labute approximate surface area is 132 Å². The van der Waals surface area contributed by atoms with Crippen molar-refractivity contribution in [3.8, 4) is 22.5 Å². The summed E-state index contributed by atoms with van der Waals surface area (Å²) in [5.74, 6) is 0.514. The SMILES string of the molecule is Cc1ccc(-c2c(-c3ccco3)c(=O)oc3ccccc23)cc1. The first-order chi connectivity index (χ1) is 11.2. The van der Waals surface area contributed by atoms with E-state index in [1.165, 1.54) is 5.56 Å². The normalized spacial score (nSPS) is 11.0. The highest BCUT2D eigenvalue weighted by Crippen LogP contribution is 2.35. The molecule has 0 N–H and O–H groups in total. The smallest absolute Gasteiger partial charge is 0.348 e. The molecule has 0 amide bonds. The maximum Gasteiger partial charge on any atom is 0.348 e.